The smallest absolute Gasteiger partial charge is 0.277 e. The number of rotatable bonds is 4. The van der Waals surface area contributed by atoms with Gasteiger partial charge in [0.2, 0.25) is 5.91 Å². The monoisotopic (exact) mass is 435 g/mol. The van der Waals surface area contributed by atoms with Crippen molar-refractivity contribution in [1.29, 1.82) is 0 Å². The van der Waals surface area contributed by atoms with E-state index in [2.05, 4.69) is 28.2 Å². The number of amides is 1. The summed E-state index contributed by atoms with van der Waals surface area (Å²) in [6.07, 6.45) is 14.5. The number of nitrogens with one attached hydrogen (secondary N) is 1. The van der Waals surface area contributed by atoms with Gasteiger partial charge in [0.05, 0.1) is 29.5 Å². The van der Waals surface area contributed by atoms with Gasteiger partial charge in [-0.25, -0.2) is 9.50 Å². The van der Waals surface area contributed by atoms with E-state index in [4.69, 9.17) is 4.98 Å². The van der Waals surface area contributed by atoms with Crippen LogP contribution in [0.5, 0.6) is 0 Å². The Morgan fingerprint density at radius 3 is 2.84 bits per heavy atom. The second-order valence-electron chi connectivity index (χ2n) is 10.2. The summed E-state index contributed by atoms with van der Waals surface area (Å²) in [5.74, 6) is 1.13. The zero-order valence-corrected chi connectivity index (χ0v) is 18.8. The summed E-state index contributed by atoms with van der Waals surface area (Å²) in [6.45, 7) is 3.33. The van der Waals surface area contributed by atoms with Crippen molar-refractivity contribution in [3.05, 3.63) is 45.5 Å². The molecule has 1 saturated heterocycles. The Balaban J connectivity index is 1.28. The van der Waals surface area contributed by atoms with Gasteiger partial charge in [-0.2, -0.15) is 0 Å². The summed E-state index contributed by atoms with van der Waals surface area (Å²) in [5, 5.41) is 3.41. The van der Waals surface area contributed by atoms with Crippen LogP contribution in [-0.4, -0.2) is 49.9 Å². The van der Waals surface area contributed by atoms with Crippen LogP contribution in [0.1, 0.15) is 74.4 Å². The molecule has 1 amide bonds. The predicted octanol–water partition coefficient (Wildman–Crippen LogP) is 3.20. The average Bonchev–Trinajstić information content (AvgIpc) is 3.59. The minimum atomic E-state index is -0.0377. The minimum Gasteiger partial charge on any atom is -0.337 e. The average molecular weight is 436 g/mol. The van der Waals surface area contributed by atoms with Gasteiger partial charge in [0.1, 0.15) is 0 Å². The standard InChI is InChI=1S/C25H33N5O2/c31-24(18-9-10-18)29-13-11-20-19(16-29)25(32)30-23(26-20)14-21(27-30)22-8-4-5-12-28(22)15-17-6-2-1-3-7-17/h1-2,14,17-18,22,27H,3-13,15-16H2/t17-,22-/m0/s1. The first-order chi connectivity index (χ1) is 15.7. The van der Waals surface area contributed by atoms with Gasteiger partial charge in [-0.05, 0) is 57.4 Å². The van der Waals surface area contributed by atoms with Crippen LogP contribution in [-0.2, 0) is 17.8 Å². The fraction of sp³-hybridized carbons (Fsp3) is 0.640. The Kier molecular flexibility index (Phi) is 5.17. The van der Waals surface area contributed by atoms with Gasteiger partial charge >= 0.3 is 0 Å². The van der Waals surface area contributed by atoms with Crippen LogP contribution >= 0.6 is 0 Å². The van der Waals surface area contributed by atoms with Gasteiger partial charge in [0, 0.05) is 31.5 Å². The number of hydrogen-bond donors (Lipinski definition) is 1. The summed E-state index contributed by atoms with van der Waals surface area (Å²) < 4.78 is 1.62. The van der Waals surface area contributed by atoms with Gasteiger partial charge in [0.15, 0.2) is 5.65 Å². The highest BCUT2D eigenvalue weighted by atomic mass is 16.2. The third-order valence-corrected chi connectivity index (χ3v) is 7.86. The first kappa shape index (κ1) is 20.2. The highest BCUT2D eigenvalue weighted by Crippen LogP contribution is 2.34. The number of allylic oxidation sites excluding steroid dienone is 2. The van der Waals surface area contributed by atoms with E-state index in [0.717, 1.165) is 55.3 Å². The van der Waals surface area contributed by atoms with E-state index in [0.29, 0.717) is 31.1 Å². The molecule has 0 spiro atoms. The maximum absolute atomic E-state index is 13.4. The van der Waals surface area contributed by atoms with Crippen molar-refractivity contribution >= 4 is 11.6 Å². The number of aromatic amines is 1. The Hall–Kier alpha value is -2.41. The normalized spacial score (nSPS) is 26.4. The Labute approximate surface area is 188 Å². The van der Waals surface area contributed by atoms with Crippen LogP contribution < -0.4 is 5.56 Å². The molecule has 0 bridgehead atoms. The van der Waals surface area contributed by atoms with E-state index >= 15 is 0 Å². The van der Waals surface area contributed by atoms with Crippen LogP contribution in [0.25, 0.3) is 5.65 Å². The molecule has 7 nitrogen and oxygen atoms in total. The number of fused-ring (bicyclic) bond motifs is 2. The number of piperidine rings is 1. The van der Waals surface area contributed by atoms with Gasteiger partial charge < -0.3 is 4.90 Å². The van der Waals surface area contributed by atoms with E-state index in [1.807, 2.05) is 4.90 Å². The molecule has 2 atom stereocenters. The number of H-pyrrole nitrogens is 1. The van der Waals surface area contributed by atoms with Crippen LogP contribution in [0, 0.1) is 11.8 Å². The zero-order chi connectivity index (χ0) is 21.7. The Bertz CT molecular complexity index is 1110. The molecule has 0 unspecified atom stereocenters. The van der Waals surface area contributed by atoms with Crippen LogP contribution in [0.2, 0.25) is 0 Å². The van der Waals surface area contributed by atoms with E-state index in [1.165, 1.54) is 32.1 Å². The number of nitrogens with zero attached hydrogens (tertiary/aromatic N) is 4. The zero-order valence-electron chi connectivity index (χ0n) is 18.8. The summed E-state index contributed by atoms with van der Waals surface area (Å²) in [6, 6.07) is 2.41. The van der Waals surface area contributed by atoms with Crippen LogP contribution in [0.3, 0.4) is 0 Å². The summed E-state index contributed by atoms with van der Waals surface area (Å²) in [4.78, 5) is 35.2. The lowest BCUT2D eigenvalue weighted by atomic mass is 9.91. The fourth-order valence-corrected chi connectivity index (χ4v) is 5.86. The number of hydrogen-bond acceptors (Lipinski definition) is 4. The Morgan fingerprint density at radius 1 is 1.12 bits per heavy atom. The topological polar surface area (TPSA) is 73.7 Å². The largest absolute Gasteiger partial charge is 0.337 e. The summed E-state index contributed by atoms with van der Waals surface area (Å²) in [7, 11) is 0. The van der Waals surface area contributed by atoms with Crippen molar-refractivity contribution in [2.45, 2.75) is 70.4 Å². The molecule has 4 heterocycles. The molecule has 2 aromatic heterocycles. The highest BCUT2D eigenvalue weighted by Gasteiger charge is 2.36. The molecule has 1 saturated carbocycles. The van der Waals surface area contributed by atoms with Crippen LogP contribution in [0.15, 0.2) is 23.0 Å². The molecule has 2 fully saturated rings. The van der Waals surface area contributed by atoms with E-state index in [9.17, 15) is 9.59 Å². The minimum absolute atomic E-state index is 0.0377. The second-order valence-corrected chi connectivity index (χ2v) is 10.2. The number of likely N-dealkylation sites (tertiary alicyclic amines) is 1. The third-order valence-electron chi connectivity index (χ3n) is 7.86. The molecular formula is C25H33N5O2. The van der Waals surface area contributed by atoms with Gasteiger partial charge in [-0.1, -0.05) is 18.6 Å². The lowest BCUT2D eigenvalue weighted by molar-refractivity contribution is -0.133. The van der Waals surface area contributed by atoms with Gasteiger partial charge in [-0.15, -0.1) is 0 Å². The third kappa shape index (κ3) is 3.70. The second kappa shape index (κ2) is 8.18. The van der Waals surface area contributed by atoms with Crippen LogP contribution in [0.4, 0.5) is 0 Å². The van der Waals surface area contributed by atoms with E-state index in [-0.39, 0.29) is 17.4 Å². The first-order valence-electron chi connectivity index (χ1n) is 12.5. The maximum Gasteiger partial charge on any atom is 0.277 e. The molecule has 2 aromatic rings. The molecule has 1 N–H and O–H groups in total. The Morgan fingerprint density at radius 2 is 2.03 bits per heavy atom. The molecule has 0 aromatic carbocycles. The van der Waals surface area contributed by atoms with Crippen molar-refractivity contribution in [2.75, 3.05) is 19.6 Å². The maximum atomic E-state index is 13.4. The molecule has 0 radical (unpaired) electrons. The highest BCUT2D eigenvalue weighted by molar-refractivity contribution is 5.81. The van der Waals surface area contributed by atoms with Crippen molar-refractivity contribution in [3.63, 3.8) is 0 Å². The summed E-state index contributed by atoms with van der Waals surface area (Å²) in [5.41, 5.74) is 3.34. The van der Waals surface area contributed by atoms with E-state index in [1.54, 1.807) is 4.52 Å². The predicted molar refractivity (Wildman–Crippen MR) is 122 cm³/mol. The van der Waals surface area contributed by atoms with Crippen molar-refractivity contribution in [2.24, 2.45) is 11.8 Å². The number of carbonyl (C=O) groups excluding carboxylic acids is 1. The SMILES string of the molecule is O=C(C1CC1)N1CCc2nc3cc([C@@H]4CCCCN4C[C@H]4CC=CCC4)[nH]n3c(=O)c2C1. The lowest BCUT2D eigenvalue weighted by Gasteiger charge is -2.37. The van der Waals surface area contributed by atoms with Crippen molar-refractivity contribution < 1.29 is 4.79 Å². The molecule has 2 aliphatic heterocycles. The molecular weight excluding hydrogens is 402 g/mol. The van der Waals surface area contributed by atoms with Gasteiger partial charge in [0.25, 0.3) is 5.56 Å². The molecule has 170 valence electrons. The molecule has 2 aliphatic carbocycles. The molecule has 6 rings (SSSR count). The number of carbonyl (C=O) groups is 1. The summed E-state index contributed by atoms with van der Waals surface area (Å²) >= 11 is 0. The lowest BCUT2D eigenvalue weighted by Crippen LogP contribution is -2.41. The quantitative estimate of drug-likeness (QED) is 0.749. The van der Waals surface area contributed by atoms with Crippen molar-refractivity contribution in [3.8, 4) is 0 Å². The fourth-order valence-electron chi connectivity index (χ4n) is 5.86. The first-order valence-corrected chi connectivity index (χ1v) is 12.5. The molecule has 32 heavy (non-hydrogen) atoms. The van der Waals surface area contributed by atoms with Gasteiger partial charge in [-0.3, -0.25) is 19.6 Å². The van der Waals surface area contributed by atoms with Crippen molar-refractivity contribution in [1.82, 2.24) is 24.4 Å². The molecule has 4 aliphatic rings. The number of aromatic nitrogens is 3. The van der Waals surface area contributed by atoms with E-state index < -0.39 is 0 Å². The molecule has 7 heteroatoms.